The molecule has 0 amide bonds. The first-order valence-electron chi connectivity index (χ1n) is 8.68. The Morgan fingerprint density at radius 2 is 1.96 bits per heavy atom. The molecule has 0 fully saturated rings. The molecular weight excluding hydrogens is 378 g/mol. The molecule has 0 aliphatic rings. The largest absolute Gasteiger partial charge is 0.342 e. The molecule has 0 atom stereocenters. The number of rotatable bonds is 7. The van der Waals surface area contributed by atoms with Gasteiger partial charge in [-0.25, -0.2) is 22.8 Å². The predicted molar refractivity (Wildman–Crippen MR) is 105 cm³/mol. The Hall–Kier alpha value is -3.08. The van der Waals surface area contributed by atoms with Crippen LogP contribution in [0.5, 0.6) is 0 Å². The van der Waals surface area contributed by atoms with Crippen molar-refractivity contribution >= 4 is 21.1 Å². The van der Waals surface area contributed by atoms with Crippen LogP contribution in [0.1, 0.15) is 5.69 Å². The fourth-order valence-corrected chi connectivity index (χ4v) is 4.05. The zero-order chi connectivity index (χ0) is 19.6. The molecule has 0 saturated heterocycles. The number of nitrogens with one attached hydrogen (secondary N) is 2. The number of hydrogen-bond donors (Lipinski definition) is 3. The molecule has 10 heteroatoms. The van der Waals surface area contributed by atoms with Crippen molar-refractivity contribution in [3.05, 3.63) is 60.7 Å². The zero-order valence-corrected chi connectivity index (χ0v) is 15.7. The first-order valence-corrected chi connectivity index (χ1v) is 10.2. The number of aromatic amines is 1. The van der Waals surface area contributed by atoms with E-state index in [0.717, 1.165) is 27.9 Å². The van der Waals surface area contributed by atoms with Crippen LogP contribution >= 0.6 is 0 Å². The van der Waals surface area contributed by atoms with E-state index < -0.39 is 10.0 Å². The summed E-state index contributed by atoms with van der Waals surface area (Å²) in [4.78, 5) is 7.88. The smallest absolute Gasteiger partial charge is 0.240 e. The van der Waals surface area contributed by atoms with Crippen molar-refractivity contribution in [1.29, 1.82) is 0 Å². The van der Waals surface area contributed by atoms with Crippen LogP contribution in [0.15, 0.2) is 59.9 Å². The van der Waals surface area contributed by atoms with E-state index in [-0.39, 0.29) is 18.0 Å². The number of pyridine rings is 1. The van der Waals surface area contributed by atoms with Crippen LogP contribution in [0.3, 0.4) is 0 Å². The molecule has 4 aromatic rings. The Bertz CT molecular complexity index is 1180. The lowest BCUT2D eigenvalue weighted by Gasteiger charge is -2.07. The van der Waals surface area contributed by atoms with Crippen LogP contribution in [-0.2, 0) is 16.6 Å². The number of aromatic nitrogens is 5. The molecular formula is C18H19N7O2S. The summed E-state index contributed by atoms with van der Waals surface area (Å²) in [5, 5.41) is 8.73. The van der Waals surface area contributed by atoms with Crippen LogP contribution in [0.2, 0.25) is 0 Å². The lowest BCUT2D eigenvalue weighted by atomic mass is 10.0. The minimum absolute atomic E-state index is 0.201. The molecule has 0 radical (unpaired) electrons. The predicted octanol–water partition coefficient (Wildman–Crippen LogP) is 1.11. The van der Waals surface area contributed by atoms with E-state index >= 15 is 0 Å². The molecule has 0 aliphatic heterocycles. The molecule has 1 aromatic carbocycles. The van der Waals surface area contributed by atoms with E-state index in [2.05, 4.69) is 25.0 Å². The third-order valence-corrected chi connectivity index (χ3v) is 5.78. The maximum Gasteiger partial charge on any atom is 0.240 e. The Balaban J connectivity index is 1.66. The SMILES string of the molecule is NCCNS(=O)(=O)c1ccc(-c2ccnc3[nH]c(Cn4ccnn4)cc23)cc1. The van der Waals surface area contributed by atoms with Gasteiger partial charge in [0, 0.05) is 36.6 Å². The first-order chi connectivity index (χ1) is 13.6. The summed E-state index contributed by atoms with van der Waals surface area (Å²) in [7, 11) is -3.55. The summed E-state index contributed by atoms with van der Waals surface area (Å²) in [5.41, 5.74) is 8.94. The van der Waals surface area contributed by atoms with Gasteiger partial charge in [0.2, 0.25) is 10.0 Å². The third-order valence-electron chi connectivity index (χ3n) is 4.30. The van der Waals surface area contributed by atoms with Crippen LogP contribution in [0.25, 0.3) is 22.2 Å². The quantitative estimate of drug-likeness (QED) is 0.428. The van der Waals surface area contributed by atoms with E-state index in [1.165, 1.54) is 0 Å². The van der Waals surface area contributed by atoms with Crippen LogP contribution in [-0.4, -0.2) is 46.5 Å². The van der Waals surface area contributed by atoms with E-state index in [0.29, 0.717) is 6.54 Å². The summed E-state index contributed by atoms with van der Waals surface area (Å²) in [5.74, 6) is 0. The van der Waals surface area contributed by atoms with Gasteiger partial charge in [-0.15, -0.1) is 5.10 Å². The van der Waals surface area contributed by atoms with Gasteiger partial charge in [0.05, 0.1) is 17.6 Å². The minimum Gasteiger partial charge on any atom is -0.342 e. The van der Waals surface area contributed by atoms with Crippen molar-refractivity contribution in [1.82, 2.24) is 29.7 Å². The van der Waals surface area contributed by atoms with Crippen LogP contribution in [0, 0.1) is 0 Å². The molecule has 4 N–H and O–H groups in total. The highest BCUT2D eigenvalue weighted by Crippen LogP contribution is 2.29. The number of sulfonamides is 1. The van der Waals surface area contributed by atoms with Gasteiger partial charge in [0.25, 0.3) is 0 Å². The second-order valence-electron chi connectivity index (χ2n) is 6.23. The van der Waals surface area contributed by atoms with Gasteiger partial charge in [0.1, 0.15) is 5.65 Å². The lowest BCUT2D eigenvalue weighted by molar-refractivity contribution is 0.582. The van der Waals surface area contributed by atoms with Gasteiger partial charge >= 0.3 is 0 Å². The second-order valence-corrected chi connectivity index (χ2v) is 7.99. The Labute approximate surface area is 161 Å². The maximum atomic E-state index is 12.2. The average molecular weight is 397 g/mol. The maximum absolute atomic E-state index is 12.2. The number of fused-ring (bicyclic) bond motifs is 1. The number of hydrogen-bond acceptors (Lipinski definition) is 6. The molecule has 3 heterocycles. The van der Waals surface area contributed by atoms with Crippen molar-refractivity contribution in [3.8, 4) is 11.1 Å². The molecule has 0 saturated carbocycles. The van der Waals surface area contributed by atoms with Gasteiger partial charge in [-0.2, -0.15) is 0 Å². The van der Waals surface area contributed by atoms with Crippen molar-refractivity contribution in [2.24, 2.45) is 5.73 Å². The first kappa shape index (κ1) is 18.3. The highest BCUT2D eigenvalue weighted by Gasteiger charge is 2.14. The van der Waals surface area contributed by atoms with Crippen LogP contribution in [0.4, 0.5) is 0 Å². The minimum atomic E-state index is -3.55. The summed E-state index contributed by atoms with van der Waals surface area (Å²) in [6.45, 7) is 1.00. The Morgan fingerprint density at radius 1 is 1.14 bits per heavy atom. The highest BCUT2D eigenvalue weighted by atomic mass is 32.2. The van der Waals surface area contributed by atoms with Crippen molar-refractivity contribution < 1.29 is 8.42 Å². The monoisotopic (exact) mass is 397 g/mol. The summed E-state index contributed by atoms with van der Waals surface area (Å²) in [6.07, 6.45) is 5.14. The number of nitrogens with zero attached hydrogens (tertiary/aromatic N) is 4. The molecule has 0 unspecified atom stereocenters. The van der Waals surface area contributed by atoms with Crippen LogP contribution < -0.4 is 10.5 Å². The third kappa shape index (κ3) is 3.65. The van der Waals surface area contributed by atoms with Gasteiger partial charge in [-0.05, 0) is 35.4 Å². The van der Waals surface area contributed by atoms with Crippen molar-refractivity contribution in [2.45, 2.75) is 11.4 Å². The van der Waals surface area contributed by atoms with E-state index in [1.807, 2.05) is 12.1 Å². The molecule has 144 valence electrons. The van der Waals surface area contributed by atoms with E-state index in [9.17, 15) is 8.42 Å². The number of H-pyrrole nitrogens is 1. The van der Waals surface area contributed by atoms with Crippen molar-refractivity contribution in [3.63, 3.8) is 0 Å². The normalized spacial score (nSPS) is 11.9. The fraction of sp³-hybridized carbons (Fsp3) is 0.167. The number of nitrogens with two attached hydrogens (primary N) is 1. The highest BCUT2D eigenvalue weighted by molar-refractivity contribution is 7.89. The average Bonchev–Trinajstić information content (AvgIpc) is 3.35. The molecule has 0 bridgehead atoms. The lowest BCUT2D eigenvalue weighted by Crippen LogP contribution is -2.29. The Kier molecular flexibility index (Phi) is 4.90. The molecule has 0 aliphatic carbocycles. The molecule has 3 aromatic heterocycles. The molecule has 28 heavy (non-hydrogen) atoms. The Morgan fingerprint density at radius 3 is 2.68 bits per heavy atom. The summed E-state index contributed by atoms with van der Waals surface area (Å²) >= 11 is 0. The molecule has 9 nitrogen and oxygen atoms in total. The van der Waals surface area contributed by atoms with E-state index in [1.54, 1.807) is 47.5 Å². The topological polar surface area (TPSA) is 132 Å². The molecule has 4 rings (SSSR count). The zero-order valence-electron chi connectivity index (χ0n) is 14.9. The van der Waals surface area contributed by atoms with Gasteiger partial charge < -0.3 is 10.7 Å². The van der Waals surface area contributed by atoms with E-state index in [4.69, 9.17) is 5.73 Å². The summed E-state index contributed by atoms with van der Waals surface area (Å²) < 4.78 is 28.6. The molecule has 0 spiro atoms. The fourth-order valence-electron chi connectivity index (χ4n) is 3.00. The summed E-state index contributed by atoms with van der Waals surface area (Å²) in [6, 6.07) is 10.7. The standard InChI is InChI=1S/C18H19N7O2S/c19-6-8-22-28(26,27)15-3-1-13(2-4-15)16-5-7-20-18-17(16)11-14(23-18)12-25-10-9-21-24-25/h1-5,7,9-11,22H,6,8,12,19H2,(H,20,23). The van der Waals surface area contributed by atoms with Gasteiger partial charge in [-0.1, -0.05) is 17.3 Å². The van der Waals surface area contributed by atoms with Gasteiger partial charge in [-0.3, -0.25) is 0 Å². The second kappa shape index (κ2) is 7.50. The van der Waals surface area contributed by atoms with Gasteiger partial charge in [0.15, 0.2) is 0 Å². The van der Waals surface area contributed by atoms with Crippen molar-refractivity contribution in [2.75, 3.05) is 13.1 Å². The number of benzene rings is 1.